The van der Waals surface area contributed by atoms with Gasteiger partial charge in [-0.05, 0) is 0 Å². The minimum Gasteiger partial charge on any atom is -0.481 e. The summed E-state index contributed by atoms with van der Waals surface area (Å²) >= 11 is 0. The van der Waals surface area contributed by atoms with Crippen molar-refractivity contribution in [1.82, 2.24) is 0 Å². The van der Waals surface area contributed by atoms with Crippen LogP contribution in [0.3, 0.4) is 0 Å². The van der Waals surface area contributed by atoms with E-state index < -0.39 is 45.5 Å². The molecule has 144 valence electrons. The molecule has 0 aliphatic carbocycles. The topological polar surface area (TPSA) is 186 Å². The summed E-state index contributed by atoms with van der Waals surface area (Å²) in [5, 5.41) is 7.42. The molecule has 1 N–H and O–H groups in total. The number of carbonyl (C=O) groups is 5. The highest BCUT2D eigenvalue weighted by molar-refractivity contribution is 7.63. The Hall–Kier alpha value is -2.23. The van der Waals surface area contributed by atoms with Gasteiger partial charge >= 0.3 is 39.5 Å². The minimum absolute atomic E-state index is 0.780. The second-order valence-electron chi connectivity index (χ2n) is 3.83. The molecule has 0 radical (unpaired) electrons. The smallest absolute Gasteiger partial charge is 0.481 e. The molecule has 0 unspecified atom stereocenters. The van der Waals surface area contributed by atoms with Gasteiger partial charge in [-0.1, -0.05) is 0 Å². The summed E-state index contributed by atoms with van der Waals surface area (Å²) in [6.45, 7) is 4.20. The molecule has 0 aromatic rings. The molecule has 0 spiro atoms. The Morgan fingerprint density at radius 3 is 0.880 bits per heavy atom. The third-order valence-electron chi connectivity index (χ3n) is 1.16. The van der Waals surface area contributed by atoms with E-state index in [-0.39, 0.29) is 0 Å². The molecule has 0 heterocycles. The van der Waals surface area contributed by atoms with E-state index in [9.17, 15) is 28.3 Å². The number of carbonyl (C=O) groups excluding carboxylic acids is 4. The van der Waals surface area contributed by atoms with Gasteiger partial charge in [0.25, 0.3) is 5.97 Å². The first-order chi connectivity index (χ1) is 11.1. The van der Waals surface area contributed by atoms with E-state index in [1.54, 1.807) is 0 Å². The van der Waals surface area contributed by atoms with E-state index in [0.717, 1.165) is 34.6 Å². The number of carboxylic acids is 1. The maximum atomic E-state index is 11.9. The van der Waals surface area contributed by atoms with Crippen molar-refractivity contribution >= 4 is 45.5 Å². The van der Waals surface area contributed by atoms with Gasteiger partial charge in [-0.2, -0.15) is 0 Å². The van der Waals surface area contributed by atoms with Crippen LogP contribution in [0.25, 0.3) is 0 Å². The average Bonchev–Trinajstić information content (AvgIpc) is 2.19. The molecule has 0 aliphatic heterocycles. The summed E-state index contributed by atoms with van der Waals surface area (Å²) in [5.41, 5.74) is 0. The fourth-order valence-electron chi connectivity index (χ4n) is 0.856. The molecule has 25 heavy (non-hydrogen) atoms. The average molecular weight is 406 g/mol. The van der Waals surface area contributed by atoms with Crippen molar-refractivity contribution in [3.8, 4) is 0 Å². The monoisotopic (exact) mass is 406 g/mol. The molecule has 0 bridgehead atoms. The Bertz CT molecular complexity index is 545. The molecular formula is C10H16O13P2. The number of hydrogen-bond donors (Lipinski definition) is 1. The lowest BCUT2D eigenvalue weighted by atomic mass is 10.9. The first-order valence-electron chi connectivity index (χ1n) is 6.02. The maximum Gasteiger partial charge on any atom is 0.602 e. The van der Waals surface area contributed by atoms with Crippen LogP contribution in [0.2, 0.25) is 0 Å². The zero-order valence-electron chi connectivity index (χ0n) is 13.7. The second-order valence-corrected chi connectivity index (χ2v) is 7.00. The van der Waals surface area contributed by atoms with Crippen molar-refractivity contribution in [1.29, 1.82) is 0 Å². The van der Waals surface area contributed by atoms with Gasteiger partial charge in [0, 0.05) is 34.6 Å². The van der Waals surface area contributed by atoms with Crippen LogP contribution in [0.15, 0.2) is 0 Å². The number of phosphoric ester groups is 2. The number of phosphoric acid groups is 2. The molecule has 0 atom stereocenters. The van der Waals surface area contributed by atoms with Crippen LogP contribution in [-0.4, -0.2) is 35.0 Å². The SMILES string of the molecule is CC(=O)O.CC(=O)OP(=O)(OC(C)=O)OP(=O)(OC(C)=O)OC(C)=O. The Morgan fingerprint density at radius 2 is 0.760 bits per heavy atom. The number of carboxylic acid groups (broad SMARTS) is 1. The summed E-state index contributed by atoms with van der Waals surface area (Å²) in [6.07, 6.45) is 0. The van der Waals surface area contributed by atoms with Gasteiger partial charge in [-0.25, -0.2) is 9.13 Å². The van der Waals surface area contributed by atoms with E-state index in [2.05, 4.69) is 22.4 Å². The third-order valence-corrected chi connectivity index (χ3v) is 4.68. The summed E-state index contributed by atoms with van der Waals surface area (Å²) < 4.78 is 44.5. The van der Waals surface area contributed by atoms with Crippen molar-refractivity contribution in [3.05, 3.63) is 0 Å². The molecule has 13 nitrogen and oxygen atoms in total. The molecular weight excluding hydrogens is 390 g/mol. The lowest BCUT2D eigenvalue weighted by molar-refractivity contribution is -0.138. The zero-order chi connectivity index (χ0) is 20.4. The second kappa shape index (κ2) is 10.6. The third kappa shape index (κ3) is 15.1. The zero-order valence-corrected chi connectivity index (χ0v) is 15.5. The Kier molecular flexibility index (Phi) is 10.6. The van der Waals surface area contributed by atoms with Crippen molar-refractivity contribution in [2.24, 2.45) is 0 Å². The van der Waals surface area contributed by atoms with Gasteiger partial charge in [-0.3, -0.25) is 24.0 Å². The molecule has 0 aromatic carbocycles. The van der Waals surface area contributed by atoms with Gasteiger partial charge in [0.2, 0.25) is 0 Å². The quantitative estimate of drug-likeness (QED) is 0.627. The lowest BCUT2D eigenvalue weighted by Crippen LogP contribution is -2.10. The number of hydrogen-bond acceptors (Lipinski definition) is 12. The van der Waals surface area contributed by atoms with E-state index >= 15 is 0 Å². The predicted octanol–water partition coefficient (Wildman–Crippen LogP) is 1.56. The fraction of sp³-hybridized carbons (Fsp3) is 0.500. The van der Waals surface area contributed by atoms with E-state index in [0.29, 0.717) is 0 Å². The molecule has 0 rings (SSSR count). The highest BCUT2D eigenvalue weighted by atomic mass is 31.3. The molecule has 0 saturated heterocycles. The molecule has 15 heteroatoms. The van der Waals surface area contributed by atoms with Crippen LogP contribution in [0.1, 0.15) is 34.6 Å². The summed E-state index contributed by atoms with van der Waals surface area (Å²) in [7, 11) is -10.2. The maximum absolute atomic E-state index is 11.9. The van der Waals surface area contributed by atoms with Gasteiger partial charge in [-0.15, -0.1) is 4.31 Å². The van der Waals surface area contributed by atoms with Crippen LogP contribution in [0, 0.1) is 0 Å². The summed E-state index contributed by atoms with van der Waals surface area (Å²) in [4.78, 5) is 52.2. The van der Waals surface area contributed by atoms with E-state index in [1.165, 1.54) is 0 Å². The highest BCUT2D eigenvalue weighted by Gasteiger charge is 2.48. The van der Waals surface area contributed by atoms with Gasteiger partial charge < -0.3 is 23.2 Å². The largest absolute Gasteiger partial charge is 0.602 e. The number of aliphatic carboxylic acids is 1. The molecule has 0 saturated carbocycles. The highest BCUT2D eigenvalue weighted by Crippen LogP contribution is 2.66. The van der Waals surface area contributed by atoms with Crippen molar-refractivity contribution in [3.63, 3.8) is 0 Å². The van der Waals surface area contributed by atoms with Crippen LogP contribution in [0.5, 0.6) is 0 Å². The van der Waals surface area contributed by atoms with Gasteiger partial charge in [0.05, 0.1) is 0 Å². The van der Waals surface area contributed by atoms with Crippen molar-refractivity contribution < 1.29 is 60.6 Å². The molecule has 0 aromatic heterocycles. The standard InChI is InChI=1S/C8H12O11P2.C2H4O2/c1-5(9)15-20(13,16-6(2)10)19-21(14,17-7(3)11)18-8(4)12;1-2(3)4/h1-4H3;1H3,(H,3,4). The van der Waals surface area contributed by atoms with Gasteiger partial charge in [0.1, 0.15) is 0 Å². The van der Waals surface area contributed by atoms with E-state index in [1.807, 2.05) is 0 Å². The summed E-state index contributed by atoms with van der Waals surface area (Å²) in [6, 6.07) is 0. The van der Waals surface area contributed by atoms with E-state index in [4.69, 9.17) is 9.90 Å². The first-order valence-corrected chi connectivity index (χ1v) is 8.94. The van der Waals surface area contributed by atoms with Crippen molar-refractivity contribution in [2.75, 3.05) is 0 Å². The first kappa shape index (κ1) is 25.0. The predicted molar refractivity (Wildman–Crippen MR) is 76.7 cm³/mol. The fourth-order valence-corrected chi connectivity index (χ4v) is 3.70. The van der Waals surface area contributed by atoms with Crippen LogP contribution < -0.4 is 0 Å². The van der Waals surface area contributed by atoms with Gasteiger partial charge in [0.15, 0.2) is 0 Å². The lowest BCUT2D eigenvalue weighted by Gasteiger charge is -2.19. The Morgan fingerprint density at radius 1 is 0.600 bits per heavy atom. The van der Waals surface area contributed by atoms with Crippen molar-refractivity contribution in [2.45, 2.75) is 34.6 Å². The van der Waals surface area contributed by atoms with Crippen LogP contribution in [-0.2, 0) is 55.5 Å². The molecule has 0 fully saturated rings. The molecule has 0 aliphatic rings. The Balaban J connectivity index is 0. The van der Waals surface area contributed by atoms with Crippen LogP contribution in [0.4, 0.5) is 0 Å². The molecule has 0 amide bonds. The summed E-state index contributed by atoms with van der Waals surface area (Å²) in [5.74, 6) is -5.73. The normalized spacial score (nSPS) is 10.4. The Labute approximate surface area is 141 Å². The minimum atomic E-state index is -5.08. The van der Waals surface area contributed by atoms with Crippen LogP contribution >= 0.6 is 15.6 Å². The number of rotatable bonds is 6.